The fourth-order valence-corrected chi connectivity index (χ4v) is 3.48. The van der Waals surface area contributed by atoms with Crippen molar-refractivity contribution < 1.29 is 31.8 Å². The van der Waals surface area contributed by atoms with Gasteiger partial charge in [-0.05, 0) is 35.4 Å². The molecule has 0 aliphatic carbocycles. The first-order valence-electron chi connectivity index (χ1n) is 10.3. The number of piperazine rings is 1. The van der Waals surface area contributed by atoms with Gasteiger partial charge in [-0.2, -0.15) is 8.78 Å². The smallest absolute Gasteiger partial charge is 0.330 e. The highest BCUT2D eigenvalue weighted by Gasteiger charge is 2.40. The van der Waals surface area contributed by atoms with Crippen molar-refractivity contribution >= 4 is 5.91 Å². The quantitative estimate of drug-likeness (QED) is 0.536. The lowest BCUT2D eigenvalue weighted by Gasteiger charge is -2.35. The number of rotatable bonds is 9. The van der Waals surface area contributed by atoms with Crippen LogP contribution in [-0.4, -0.2) is 68.0 Å². The second-order valence-electron chi connectivity index (χ2n) is 7.67. The molecule has 9 heteroatoms. The van der Waals surface area contributed by atoms with E-state index in [4.69, 9.17) is 9.47 Å². The van der Waals surface area contributed by atoms with Gasteiger partial charge in [0.2, 0.25) is 0 Å². The first-order valence-corrected chi connectivity index (χ1v) is 10.3. The largest absolute Gasteiger partial charge is 0.497 e. The van der Waals surface area contributed by atoms with Crippen LogP contribution >= 0.6 is 0 Å². The van der Waals surface area contributed by atoms with Crippen molar-refractivity contribution in [1.29, 1.82) is 0 Å². The van der Waals surface area contributed by atoms with E-state index in [9.17, 15) is 22.4 Å². The summed E-state index contributed by atoms with van der Waals surface area (Å²) in [5.74, 6) is -3.55. The molecule has 0 radical (unpaired) electrons. The van der Waals surface area contributed by atoms with Crippen LogP contribution in [0, 0.1) is 0 Å². The van der Waals surface area contributed by atoms with E-state index in [0.717, 1.165) is 17.9 Å². The topological polar surface area (TPSA) is 42.0 Å². The molecule has 1 aliphatic heterocycles. The van der Waals surface area contributed by atoms with Gasteiger partial charge in [0.15, 0.2) is 0 Å². The second-order valence-corrected chi connectivity index (χ2v) is 7.67. The predicted octanol–water partition coefficient (Wildman–Crippen LogP) is 4.07. The van der Waals surface area contributed by atoms with Crippen molar-refractivity contribution in [2.75, 3.05) is 39.9 Å². The van der Waals surface area contributed by atoms with Crippen LogP contribution < -0.4 is 4.74 Å². The molecule has 1 saturated heterocycles. The Balaban J connectivity index is 1.51. The number of alkyl halides is 4. The van der Waals surface area contributed by atoms with Crippen LogP contribution in [0.3, 0.4) is 0 Å². The molecule has 174 valence electrons. The van der Waals surface area contributed by atoms with E-state index in [1.807, 2.05) is 24.3 Å². The van der Waals surface area contributed by atoms with E-state index in [2.05, 4.69) is 4.90 Å². The Morgan fingerprint density at radius 1 is 1.03 bits per heavy atom. The third kappa shape index (κ3) is 6.43. The monoisotopic (exact) mass is 454 g/mol. The molecule has 2 aromatic rings. The van der Waals surface area contributed by atoms with Crippen molar-refractivity contribution in [1.82, 2.24) is 9.80 Å². The number of carbonyl (C=O) groups is 1. The standard InChI is InChI=1S/C23H26F4N2O3/c1-31-20-7-3-4-17(13-20)14-28-8-10-29(11-9-28)21(30)19-6-2-5-18(12-19)15-32-16-23(26,27)22(24)25/h2-7,12-13,22H,8-11,14-16H2,1H3. The van der Waals surface area contributed by atoms with E-state index in [-0.39, 0.29) is 12.5 Å². The molecule has 5 nitrogen and oxygen atoms in total. The van der Waals surface area contributed by atoms with Crippen LogP contribution in [0.15, 0.2) is 48.5 Å². The molecule has 0 bridgehead atoms. The van der Waals surface area contributed by atoms with Crippen molar-refractivity contribution in [2.24, 2.45) is 0 Å². The lowest BCUT2D eigenvalue weighted by atomic mass is 10.1. The number of carbonyl (C=O) groups excluding carboxylic acids is 1. The van der Waals surface area contributed by atoms with Crippen LogP contribution in [0.25, 0.3) is 0 Å². The molecule has 0 unspecified atom stereocenters. The molecular formula is C23H26F4N2O3. The maximum Gasteiger partial charge on any atom is 0.330 e. The lowest BCUT2D eigenvalue weighted by Crippen LogP contribution is -2.48. The number of halogens is 4. The third-order valence-corrected chi connectivity index (χ3v) is 5.26. The molecule has 1 aliphatic rings. The SMILES string of the molecule is COc1cccc(CN2CCN(C(=O)c3cccc(COCC(F)(F)C(F)F)c3)CC2)c1. The number of hydrogen-bond acceptors (Lipinski definition) is 4. The summed E-state index contributed by atoms with van der Waals surface area (Å²) in [6, 6.07) is 14.3. The molecule has 0 saturated carbocycles. The molecule has 1 amide bonds. The number of amides is 1. The van der Waals surface area contributed by atoms with Gasteiger partial charge in [0.25, 0.3) is 5.91 Å². The molecule has 0 atom stereocenters. The zero-order valence-electron chi connectivity index (χ0n) is 17.8. The van der Waals surface area contributed by atoms with E-state index >= 15 is 0 Å². The predicted molar refractivity (Wildman–Crippen MR) is 111 cm³/mol. The van der Waals surface area contributed by atoms with Crippen LogP contribution in [0.5, 0.6) is 5.75 Å². The summed E-state index contributed by atoms with van der Waals surface area (Å²) >= 11 is 0. The number of ether oxygens (including phenoxy) is 2. The minimum Gasteiger partial charge on any atom is -0.497 e. The summed E-state index contributed by atoms with van der Waals surface area (Å²) in [5.41, 5.74) is 2.01. The van der Waals surface area contributed by atoms with Gasteiger partial charge in [-0.25, -0.2) is 8.78 Å². The van der Waals surface area contributed by atoms with Crippen molar-refractivity contribution in [3.8, 4) is 5.75 Å². The normalized spacial score (nSPS) is 15.2. The van der Waals surface area contributed by atoms with E-state index in [1.165, 1.54) is 0 Å². The van der Waals surface area contributed by atoms with Gasteiger partial charge < -0.3 is 14.4 Å². The molecule has 0 spiro atoms. The molecule has 1 heterocycles. The Morgan fingerprint density at radius 2 is 1.72 bits per heavy atom. The molecule has 0 N–H and O–H groups in total. The number of nitrogens with zero attached hydrogens (tertiary/aromatic N) is 2. The Hall–Kier alpha value is -2.65. The molecule has 0 aromatic heterocycles. The Morgan fingerprint density at radius 3 is 2.41 bits per heavy atom. The summed E-state index contributed by atoms with van der Waals surface area (Å²) in [7, 11) is 1.63. The maximum atomic E-state index is 13.0. The summed E-state index contributed by atoms with van der Waals surface area (Å²) < 4.78 is 60.3. The minimum absolute atomic E-state index is 0.161. The highest BCUT2D eigenvalue weighted by Crippen LogP contribution is 2.23. The highest BCUT2D eigenvalue weighted by atomic mass is 19.3. The van der Waals surface area contributed by atoms with Crippen molar-refractivity contribution in [3.63, 3.8) is 0 Å². The van der Waals surface area contributed by atoms with Gasteiger partial charge in [0.1, 0.15) is 12.4 Å². The average molecular weight is 454 g/mol. The van der Waals surface area contributed by atoms with Crippen LogP contribution in [0.4, 0.5) is 17.6 Å². The molecule has 2 aromatic carbocycles. The Labute approximate surface area is 184 Å². The molecule has 32 heavy (non-hydrogen) atoms. The minimum atomic E-state index is -4.20. The van der Waals surface area contributed by atoms with Gasteiger partial charge in [-0.15, -0.1) is 0 Å². The van der Waals surface area contributed by atoms with E-state index in [1.54, 1.807) is 36.3 Å². The van der Waals surface area contributed by atoms with Crippen LogP contribution in [-0.2, 0) is 17.9 Å². The van der Waals surface area contributed by atoms with Gasteiger partial charge >= 0.3 is 12.3 Å². The summed E-state index contributed by atoms with van der Waals surface area (Å²) in [5, 5.41) is 0. The fourth-order valence-electron chi connectivity index (χ4n) is 3.48. The highest BCUT2D eigenvalue weighted by molar-refractivity contribution is 5.94. The van der Waals surface area contributed by atoms with Gasteiger partial charge in [0.05, 0.1) is 13.7 Å². The third-order valence-electron chi connectivity index (χ3n) is 5.26. The number of methoxy groups -OCH3 is 1. The molecule has 1 fully saturated rings. The molecule has 3 rings (SSSR count). The fraction of sp³-hybridized carbons (Fsp3) is 0.435. The van der Waals surface area contributed by atoms with Gasteiger partial charge in [0, 0.05) is 38.3 Å². The van der Waals surface area contributed by atoms with Gasteiger partial charge in [-0.1, -0.05) is 24.3 Å². The summed E-state index contributed by atoms with van der Waals surface area (Å²) in [6.07, 6.45) is -3.78. The summed E-state index contributed by atoms with van der Waals surface area (Å²) in [4.78, 5) is 16.9. The van der Waals surface area contributed by atoms with Crippen molar-refractivity contribution in [3.05, 3.63) is 65.2 Å². The lowest BCUT2D eigenvalue weighted by molar-refractivity contribution is -0.168. The molecular weight excluding hydrogens is 428 g/mol. The Bertz CT molecular complexity index is 902. The first-order chi connectivity index (χ1) is 15.3. The van der Waals surface area contributed by atoms with Gasteiger partial charge in [-0.3, -0.25) is 9.69 Å². The Kier molecular flexibility index (Phi) is 8.09. The van der Waals surface area contributed by atoms with E-state index < -0.39 is 19.0 Å². The maximum absolute atomic E-state index is 13.0. The number of benzene rings is 2. The number of hydrogen-bond donors (Lipinski definition) is 0. The van der Waals surface area contributed by atoms with E-state index in [0.29, 0.717) is 37.3 Å². The zero-order chi connectivity index (χ0) is 23.1. The van der Waals surface area contributed by atoms with Crippen LogP contribution in [0.2, 0.25) is 0 Å². The average Bonchev–Trinajstić information content (AvgIpc) is 2.79. The second kappa shape index (κ2) is 10.8. The zero-order valence-corrected chi connectivity index (χ0v) is 17.8. The first kappa shape index (κ1) is 24.0. The van der Waals surface area contributed by atoms with Crippen LogP contribution in [0.1, 0.15) is 21.5 Å². The van der Waals surface area contributed by atoms with Crippen molar-refractivity contribution in [2.45, 2.75) is 25.5 Å². The summed E-state index contributed by atoms with van der Waals surface area (Å²) in [6.45, 7) is 1.66.